The minimum atomic E-state index is -0.271. The van der Waals surface area contributed by atoms with Crippen LogP contribution in [0.25, 0.3) is 0 Å². The van der Waals surface area contributed by atoms with Gasteiger partial charge in [-0.15, -0.1) is 0 Å². The summed E-state index contributed by atoms with van der Waals surface area (Å²) >= 11 is 0. The molecule has 0 saturated carbocycles. The van der Waals surface area contributed by atoms with Crippen molar-refractivity contribution in [2.45, 2.75) is 38.6 Å². The van der Waals surface area contributed by atoms with Gasteiger partial charge in [-0.25, -0.2) is 4.39 Å². The highest BCUT2D eigenvalue weighted by molar-refractivity contribution is 5.81. The summed E-state index contributed by atoms with van der Waals surface area (Å²) in [6.45, 7) is 2.19. The van der Waals surface area contributed by atoms with Crippen molar-refractivity contribution in [3.63, 3.8) is 0 Å². The van der Waals surface area contributed by atoms with E-state index in [0.717, 1.165) is 37.9 Å². The van der Waals surface area contributed by atoms with Crippen LogP contribution in [0.5, 0.6) is 0 Å². The number of carbonyl (C=O) groups excluding carboxylic acids is 1. The molecule has 0 amide bonds. The second-order valence-electron chi connectivity index (χ2n) is 7.94. The first kappa shape index (κ1) is 20.4. The van der Waals surface area contributed by atoms with Crippen LogP contribution in [0.4, 0.5) is 4.39 Å². The molecular formula is C24H26FN3O2. The Kier molecular flexibility index (Phi) is 6.64. The summed E-state index contributed by atoms with van der Waals surface area (Å²) in [6, 6.07) is 16.6. The quantitative estimate of drug-likeness (QED) is 0.560. The average Bonchev–Trinajstić information content (AvgIpc) is 3.19. The Morgan fingerprint density at radius 2 is 1.97 bits per heavy atom. The molecule has 0 radical (unpaired) electrons. The number of piperidine rings is 1. The largest absolute Gasteiger partial charge is 0.338 e. The monoisotopic (exact) mass is 407 g/mol. The second-order valence-corrected chi connectivity index (χ2v) is 7.94. The van der Waals surface area contributed by atoms with Crippen LogP contribution in [0.15, 0.2) is 59.1 Å². The lowest BCUT2D eigenvalue weighted by atomic mass is 9.90. The Morgan fingerprint density at radius 1 is 1.13 bits per heavy atom. The van der Waals surface area contributed by atoms with Crippen LogP contribution in [0.2, 0.25) is 0 Å². The molecule has 1 aliphatic heterocycles. The molecule has 1 fully saturated rings. The van der Waals surface area contributed by atoms with Crippen molar-refractivity contribution < 1.29 is 13.7 Å². The standard InChI is InChI=1S/C24H26FN3O2/c25-21-10-4-8-19(14-21)15-23-26-24(30-27-23)17-28-13-5-9-20(16-28)22(29)12-11-18-6-2-1-3-7-18/h1-4,6-8,10,14,20H,5,9,11-13,15-17H2/t20-/m1/s1. The van der Waals surface area contributed by atoms with Crippen LogP contribution in [0.1, 0.15) is 42.1 Å². The van der Waals surface area contributed by atoms with Crippen LogP contribution in [-0.4, -0.2) is 33.9 Å². The highest BCUT2D eigenvalue weighted by Crippen LogP contribution is 2.21. The number of aryl methyl sites for hydroxylation is 1. The van der Waals surface area contributed by atoms with E-state index in [4.69, 9.17) is 4.52 Å². The van der Waals surface area contributed by atoms with Gasteiger partial charge in [0.05, 0.1) is 6.54 Å². The van der Waals surface area contributed by atoms with E-state index >= 15 is 0 Å². The van der Waals surface area contributed by atoms with E-state index in [1.165, 1.54) is 17.7 Å². The molecule has 1 atom stereocenters. The highest BCUT2D eigenvalue weighted by atomic mass is 19.1. The zero-order valence-electron chi connectivity index (χ0n) is 17.0. The lowest BCUT2D eigenvalue weighted by Crippen LogP contribution is -2.38. The molecule has 0 bridgehead atoms. The van der Waals surface area contributed by atoms with E-state index in [2.05, 4.69) is 27.2 Å². The van der Waals surface area contributed by atoms with E-state index < -0.39 is 0 Å². The van der Waals surface area contributed by atoms with E-state index in [1.807, 2.05) is 24.3 Å². The molecule has 0 unspecified atom stereocenters. The molecule has 5 nitrogen and oxygen atoms in total. The third-order valence-electron chi connectivity index (χ3n) is 5.58. The fraction of sp³-hybridized carbons (Fsp3) is 0.375. The number of ketones is 1. The summed E-state index contributed by atoms with van der Waals surface area (Å²) in [6.07, 6.45) is 3.75. The van der Waals surface area contributed by atoms with Crippen LogP contribution in [-0.2, 0) is 24.2 Å². The van der Waals surface area contributed by atoms with Gasteiger partial charge in [0.25, 0.3) is 0 Å². The molecule has 4 rings (SSSR count). The zero-order valence-corrected chi connectivity index (χ0v) is 17.0. The molecule has 30 heavy (non-hydrogen) atoms. The van der Waals surface area contributed by atoms with E-state index in [0.29, 0.717) is 36.9 Å². The number of Topliss-reactive ketones (excluding diaryl/α,β-unsaturated/α-hetero) is 1. The van der Waals surface area contributed by atoms with Crippen LogP contribution in [0, 0.1) is 11.7 Å². The predicted molar refractivity (Wildman–Crippen MR) is 111 cm³/mol. The first-order chi connectivity index (χ1) is 14.7. The minimum absolute atomic E-state index is 0.0668. The first-order valence-corrected chi connectivity index (χ1v) is 10.5. The average molecular weight is 407 g/mol. The molecule has 156 valence electrons. The maximum atomic E-state index is 13.3. The maximum absolute atomic E-state index is 13.3. The van der Waals surface area contributed by atoms with Crippen molar-refractivity contribution in [3.8, 4) is 0 Å². The number of rotatable bonds is 8. The van der Waals surface area contributed by atoms with Gasteiger partial charge in [0.2, 0.25) is 5.89 Å². The molecule has 3 aromatic rings. The van der Waals surface area contributed by atoms with Gasteiger partial charge in [0.15, 0.2) is 5.82 Å². The van der Waals surface area contributed by atoms with Gasteiger partial charge in [-0.2, -0.15) is 4.98 Å². The Bertz CT molecular complexity index is 973. The number of likely N-dealkylation sites (tertiary alicyclic amines) is 1. The van der Waals surface area contributed by atoms with Crippen LogP contribution < -0.4 is 0 Å². The summed E-state index contributed by atoms with van der Waals surface area (Å²) in [4.78, 5) is 19.4. The second kappa shape index (κ2) is 9.76. The number of nitrogens with zero attached hydrogens (tertiary/aromatic N) is 3. The summed E-state index contributed by atoms with van der Waals surface area (Å²) < 4.78 is 18.7. The fourth-order valence-electron chi connectivity index (χ4n) is 4.03. The van der Waals surface area contributed by atoms with Crippen molar-refractivity contribution in [1.29, 1.82) is 0 Å². The Balaban J connectivity index is 1.28. The Labute approximate surface area is 175 Å². The number of halogens is 1. The normalized spacial score (nSPS) is 17.2. The fourth-order valence-corrected chi connectivity index (χ4v) is 4.03. The number of aromatic nitrogens is 2. The number of carbonyl (C=O) groups is 1. The maximum Gasteiger partial charge on any atom is 0.240 e. The van der Waals surface area contributed by atoms with E-state index in [9.17, 15) is 9.18 Å². The smallest absolute Gasteiger partial charge is 0.240 e. The number of hydrogen-bond acceptors (Lipinski definition) is 5. The van der Waals surface area contributed by atoms with Gasteiger partial charge in [-0.1, -0.05) is 47.6 Å². The van der Waals surface area contributed by atoms with Crippen LogP contribution >= 0.6 is 0 Å². The molecule has 1 saturated heterocycles. The lowest BCUT2D eigenvalue weighted by Gasteiger charge is -2.30. The van der Waals surface area contributed by atoms with Gasteiger partial charge in [-0.3, -0.25) is 9.69 Å². The van der Waals surface area contributed by atoms with Gasteiger partial charge in [0.1, 0.15) is 11.6 Å². The predicted octanol–water partition coefficient (Wildman–Crippen LogP) is 4.21. The van der Waals surface area contributed by atoms with Gasteiger partial charge in [-0.05, 0) is 49.1 Å². The molecule has 0 aliphatic carbocycles. The van der Waals surface area contributed by atoms with Gasteiger partial charge < -0.3 is 4.52 Å². The Morgan fingerprint density at radius 3 is 2.80 bits per heavy atom. The van der Waals surface area contributed by atoms with Gasteiger partial charge >= 0.3 is 0 Å². The highest BCUT2D eigenvalue weighted by Gasteiger charge is 2.26. The number of hydrogen-bond donors (Lipinski definition) is 0. The third kappa shape index (κ3) is 5.60. The van der Waals surface area contributed by atoms with Crippen molar-refractivity contribution in [2.75, 3.05) is 13.1 Å². The topological polar surface area (TPSA) is 59.2 Å². The molecule has 2 aromatic carbocycles. The Hall–Kier alpha value is -2.86. The zero-order chi connectivity index (χ0) is 20.8. The SMILES string of the molecule is O=C(CCc1ccccc1)[C@@H]1CCCN(Cc2nc(Cc3cccc(F)c3)no2)C1. The molecule has 6 heteroatoms. The van der Waals surface area contributed by atoms with Crippen molar-refractivity contribution in [3.05, 3.63) is 83.3 Å². The van der Waals surface area contributed by atoms with Crippen molar-refractivity contribution >= 4 is 5.78 Å². The minimum Gasteiger partial charge on any atom is -0.338 e. The van der Waals surface area contributed by atoms with Crippen molar-refractivity contribution in [1.82, 2.24) is 15.0 Å². The van der Waals surface area contributed by atoms with E-state index in [1.54, 1.807) is 6.07 Å². The summed E-state index contributed by atoms with van der Waals surface area (Å²) in [7, 11) is 0. The van der Waals surface area contributed by atoms with Gasteiger partial charge in [0, 0.05) is 25.3 Å². The molecule has 2 heterocycles. The third-order valence-corrected chi connectivity index (χ3v) is 5.58. The summed E-state index contributed by atoms with van der Waals surface area (Å²) in [5, 5.41) is 4.02. The van der Waals surface area contributed by atoms with Crippen LogP contribution in [0.3, 0.4) is 0 Å². The first-order valence-electron chi connectivity index (χ1n) is 10.5. The molecule has 0 spiro atoms. The summed E-state index contributed by atoms with van der Waals surface area (Å²) in [5.41, 5.74) is 2.01. The molecule has 1 aromatic heterocycles. The number of benzene rings is 2. The molecule has 1 aliphatic rings. The van der Waals surface area contributed by atoms with E-state index in [-0.39, 0.29) is 11.7 Å². The van der Waals surface area contributed by atoms with Crippen molar-refractivity contribution in [2.24, 2.45) is 5.92 Å². The molecule has 0 N–H and O–H groups in total. The lowest BCUT2D eigenvalue weighted by molar-refractivity contribution is -0.124. The summed E-state index contributed by atoms with van der Waals surface area (Å²) in [5.74, 6) is 1.22. The molecular weight excluding hydrogens is 381 g/mol.